The molecule has 0 spiro atoms. The third-order valence-corrected chi connectivity index (χ3v) is 4.30. The van der Waals surface area contributed by atoms with Gasteiger partial charge in [0.1, 0.15) is 0 Å². The first-order valence-electron chi connectivity index (χ1n) is 2.75. The maximum absolute atomic E-state index is 3.75. The summed E-state index contributed by atoms with van der Waals surface area (Å²) in [6, 6.07) is 0. The molecule has 0 aromatic rings. The Bertz CT molecular complexity index is 76.6. The normalized spacial score (nSPS) is 21.4. The molecule has 0 heterocycles. The van der Waals surface area contributed by atoms with Gasteiger partial charge in [-0.25, -0.2) is 0 Å². The molecule has 0 saturated heterocycles. The highest BCUT2D eigenvalue weighted by Gasteiger charge is 2.04. The SMILES string of the molecule is C=CS(C)(CC)NC. The van der Waals surface area contributed by atoms with E-state index < -0.39 is 10.2 Å². The van der Waals surface area contributed by atoms with Crippen molar-refractivity contribution in [3.63, 3.8) is 0 Å². The van der Waals surface area contributed by atoms with E-state index in [0.717, 1.165) is 0 Å². The highest BCUT2D eigenvalue weighted by atomic mass is 32.3. The van der Waals surface area contributed by atoms with Crippen molar-refractivity contribution in [3.8, 4) is 0 Å². The van der Waals surface area contributed by atoms with Crippen molar-refractivity contribution in [2.75, 3.05) is 19.1 Å². The summed E-state index contributed by atoms with van der Waals surface area (Å²) in [5, 5.41) is 2.02. The molecule has 1 nitrogen and oxygen atoms in total. The van der Waals surface area contributed by atoms with E-state index in [9.17, 15) is 0 Å². The van der Waals surface area contributed by atoms with Gasteiger partial charge in [0.2, 0.25) is 0 Å². The second-order valence-corrected chi connectivity index (χ2v) is 5.45. The van der Waals surface area contributed by atoms with Crippen molar-refractivity contribution in [1.82, 2.24) is 4.72 Å². The molecule has 0 aliphatic carbocycles. The monoisotopic (exact) mass is 133 g/mol. The van der Waals surface area contributed by atoms with Crippen molar-refractivity contribution in [1.29, 1.82) is 0 Å². The quantitative estimate of drug-likeness (QED) is 0.618. The number of rotatable bonds is 3. The molecule has 8 heavy (non-hydrogen) atoms. The van der Waals surface area contributed by atoms with Gasteiger partial charge in [0.15, 0.2) is 0 Å². The molecule has 1 unspecified atom stereocenters. The lowest BCUT2D eigenvalue weighted by Crippen LogP contribution is -2.13. The van der Waals surface area contributed by atoms with Crippen LogP contribution in [0.4, 0.5) is 0 Å². The molecule has 0 rings (SSSR count). The lowest BCUT2D eigenvalue weighted by atomic mass is 11.0. The van der Waals surface area contributed by atoms with Crippen molar-refractivity contribution in [2.24, 2.45) is 0 Å². The van der Waals surface area contributed by atoms with Gasteiger partial charge in [-0.3, -0.25) is 4.72 Å². The maximum Gasteiger partial charge on any atom is -0.00683 e. The Kier molecular flexibility index (Phi) is 3.17. The van der Waals surface area contributed by atoms with Gasteiger partial charge in [0.25, 0.3) is 0 Å². The highest BCUT2D eigenvalue weighted by Crippen LogP contribution is 2.38. The Hall–Kier alpha value is 0.0500. The molecule has 0 aliphatic rings. The molecule has 0 aliphatic heterocycles. The summed E-state index contributed by atoms with van der Waals surface area (Å²) in [6.07, 6.45) is 2.21. The zero-order chi connectivity index (χ0) is 6.62. The van der Waals surface area contributed by atoms with Crippen LogP contribution < -0.4 is 4.72 Å². The minimum absolute atomic E-state index is 0.639. The lowest BCUT2D eigenvalue weighted by molar-refractivity contribution is 1.25. The zero-order valence-corrected chi connectivity index (χ0v) is 6.72. The van der Waals surface area contributed by atoms with Gasteiger partial charge >= 0.3 is 0 Å². The van der Waals surface area contributed by atoms with Crippen LogP contribution in [0.1, 0.15) is 6.92 Å². The van der Waals surface area contributed by atoms with E-state index in [2.05, 4.69) is 24.5 Å². The summed E-state index contributed by atoms with van der Waals surface area (Å²) in [5.74, 6) is 1.17. The van der Waals surface area contributed by atoms with Crippen LogP contribution in [-0.2, 0) is 0 Å². The molecule has 0 bridgehead atoms. The van der Waals surface area contributed by atoms with Crippen LogP contribution in [0, 0.1) is 0 Å². The smallest absolute Gasteiger partial charge is 0.00683 e. The molecule has 0 saturated carbocycles. The Labute approximate surface area is 53.6 Å². The van der Waals surface area contributed by atoms with Crippen LogP contribution in [0.2, 0.25) is 0 Å². The van der Waals surface area contributed by atoms with E-state index in [0.29, 0.717) is 0 Å². The molecular formula is C6H15NS. The molecule has 50 valence electrons. The van der Waals surface area contributed by atoms with Crippen LogP contribution >= 0.6 is 10.2 Å². The predicted molar refractivity (Wildman–Crippen MR) is 43.3 cm³/mol. The second-order valence-electron chi connectivity index (χ2n) is 1.82. The Morgan fingerprint density at radius 3 is 2.25 bits per heavy atom. The number of nitrogens with one attached hydrogen (secondary N) is 1. The van der Waals surface area contributed by atoms with E-state index in [1.807, 2.05) is 12.5 Å². The van der Waals surface area contributed by atoms with E-state index >= 15 is 0 Å². The van der Waals surface area contributed by atoms with E-state index in [1.54, 1.807) is 0 Å². The molecule has 1 N–H and O–H groups in total. The second kappa shape index (κ2) is 3.15. The fourth-order valence-electron chi connectivity index (χ4n) is 0.346. The third kappa shape index (κ3) is 1.88. The molecule has 0 aromatic heterocycles. The first kappa shape index (κ1) is 8.05. The van der Waals surface area contributed by atoms with E-state index in [4.69, 9.17) is 0 Å². The molecule has 0 radical (unpaired) electrons. The van der Waals surface area contributed by atoms with E-state index in [1.165, 1.54) is 5.75 Å². The van der Waals surface area contributed by atoms with Crippen molar-refractivity contribution < 1.29 is 0 Å². The minimum Gasteiger partial charge on any atom is -0.281 e. The molecule has 0 aromatic carbocycles. The van der Waals surface area contributed by atoms with Crippen LogP contribution in [0.3, 0.4) is 0 Å². The molecule has 0 amide bonds. The Morgan fingerprint density at radius 1 is 1.75 bits per heavy atom. The maximum atomic E-state index is 3.75. The van der Waals surface area contributed by atoms with Crippen LogP contribution in [-0.4, -0.2) is 19.1 Å². The lowest BCUT2D eigenvalue weighted by Gasteiger charge is -2.29. The van der Waals surface area contributed by atoms with Gasteiger partial charge < -0.3 is 0 Å². The van der Waals surface area contributed by atoms with Crippen LogP contribution in [0.25, 0.3) is 0 Å². The van der Waals surface area contributed by atoms with Gasteiger partial charge in [0, 0.05) is 0 Å². The standard InChI is InChI=1S/C6H15NS/c1-5-8(4,6-2)7-3/h5,7H,1,6H2,2-4H3. The summed E-state index contributed by atoms with van der Waals surface area (Å²) in [4.78, 5) is 0. The van der Waals surface area contributed by atoms with Crippen LogP contribution in [0.15, 0.2) is 12.0 Å². The summed E-state index contributed by atoms with van der Waals surface area (Å²) < 4.78 is 3.24. The van der Waals surface area contributed by atoms with Crippen molar-refractivity contribution in [3.05, 3.63) is 12.0 Å². The Morgan fingerprint density at radius 2 is 2.25 bits per heavy atom. The van der Waals surface area contributed by atoms with Crippen molar-refractivity contribution >= 4 is 10.2 Å². The molecule has 1 atom stereocenters. The van der Waals surface area contributed by atoms with Gasteiger partial charge in [-0.2, -0.15) is 10.2 Å². The van der Waals surface area contributed by atoms with E-state index in [-0.39, 0.29) is 0 Å². The summed E-state index contributed by atoms with van der Waals surface area (Å²) >= 11 is 0. The zero-order valence-electron chi connectivity index (χ0n) is 5.90. The summed E-state index contributed by atoms with van der Waals surface area (Å²) in [6.45, 7) is 5.92. The van der Waals surface area contributed by atoms with Gasteiger partial charge in [0.05, 0.1) is 0 Å². The van der Waals surface area contributed by atoms with Gasteiger partial charge in [-0.15, -0.1) is 0 Å². The molecular weight excluding hydrogens is 118 g/mol. The highest BCUT2D eigenvalue weighted by molar-refractivity contribution is 8.33. The summed E-state index contributed by atoms with van der Waals surface area (Å²) in [5.41, 5.74) is 0. The third-order valence-electron chi connectivity index (χ3n) is 1.43. The average molecular weight is 133 g/mol. The van der Waals surface area contributed by atoms with Crippen molar-refractivity contribution in [2.45, 2.75) is 6.92 Å². The van der Waals surface area contributed by atoms with Gasteiger partial charge in [-0.05, 0) is 24.5 Å². The molecule has 0 fully saturated rings. The molecule has 2 heteroatoms. The fraction of sp³-hybridized carbons (Fsp3) is 0.667. The van der Waals surface area contributed by atoms with Gasteiger partial charge in [-0.1, -0.05) is 13.5 Å². The first-order chi connectivity index (χ1) is 3.68. The summed E-state index contributed by atoms with van der Waals surface area (Å²) in [7, 11) is 1.35. The fourth-order valence-corrected chi connectivity index (χ4v) is 1.04. The largest absolute Gasteiger partial charge is 0.281 e. The first-order valence-corrected chi connectivity index (χ1v) is 5.03. The topological polar surface area (TPSA) is 12.0 Å². The minimum atomic E-state index is -0.639. The van der Waals surface area contributed by atoms with Crippen LogP contribution in [0.5, 0.6) is 0 Å². The Balaban J connectivity index is 3.76. The predicted octanol–water partition coefficient (Wildman–Crippen LogP) is 1.72. The number of hydrogen-bond acceptors (Lipinski definition) is 1. The average Bonchev–Trinajstić information content (AvgIpc) is 1.87. The number of hydrogen-bond donors (Lipinski definition) is 1.